The molecule has 0 bridgehead atoms. The van der Waals surface area contributed by atoms with Gasteiger partial charge in [0.05, 0.1) is 0 Å². The Balaban J connectivity index is 2.77. The van der Waals surface area contributed by atoms with Crippen LogP contribution in [0.1, 0.15) is 5.56 Å². The van der Waals surface area contributed by atoms with Gasteiger partial charge >= 0.3 is 6.09 Å². The van der Waals surface area contributed by atoms with Crippen LogP contribution in [0.3, 0.4) is 0 Å². The van der Waals surface area contributed by atoms with Gasteiger partial charge in [0.25, 0.3) is 0 Å². The zero-order valence-corrected chi connectivity index (χ0v) is 6.36. The Morgan fingerprint density at radius 2 is 2.42 bits per heavy atom. The minimum atomic E-state index is -0.867. The van der Waals surface area contributed by atoms with E-state index in [9.17, 15) is 4.79 Å². The van der Waals surface area contributed by atoms with Crippen LogP contribution in [-0.4, -0.2) is 11.1 Å². The van der Waals surface area contributed by atoms with Crippen molar-refractivity contribution in [1.82, 2.24) is 4.98 Å². The predicted molar refractivity (Wildman–Crippen MR) is 44.5 cm³/mol. The Morgan fingerprint density at radius 1 is 1.67 bits per heavy atom. The number of rotatable bonds is 2. The van der Waals surface area contributed by atoms with Crippen molar-refractivity contribution >= 4 is 12.2 Å². The van der Waals surface area contributed by atoms with E-state index in [0.29, 0.717) is 0 Å². The van der Waals surface area contributed by atoms with Gasteiger partial charge in [0, 0.05) is 12.3 Å². The number of primary amides is 1. The predicted octanol–water partition coefficient (Wildman–Crippen LogP) is 1.18. The number of nitrogens with zero attached hydrogens (tertiary/aromatic N) is 1. The van der Waals surface area contributed by atoms with Gasteiger partial charge in [0.1, 0.15) is 0 Å². The summed E-state index contributed by atoms with van der Waals surface area (Å²) in [6.07, 6.45) is 2.31. The molecule has 4 nitrogen and oxygen atoms in total. The van der Waals surface area contributed by atoms with Crippen molar-refractivity contribution in [1.29, 1.82) is 0 Å². The average molecular weight is 164 g/mol. The first-order valence-electron chi connectivity index (χ1n) is 3.28. The van der Waals surface area contributed by atoms with Crippen molar-refractivity contribution in [3.05, 3.63) is 30.5 Å². The second-order valence-corrected chi connectivity index (χ2v) is 2.05. The SMILES string of the molecule is C=Cc1ccc(OC(N)=O)nc1. The maximum atomic E-state index is 10.3. The summed E-state index contributed by atoms with van der Waals surface area (Å²) in [5.41, 5.74) is 5.63. The van der Waals surface area contributed by atoms with E-state index < -0.39 is 6.09 Å². The molecular weight excluding hydrogens is 156 g/mol. The molecule has 0 fully saturated rings. The highest BCUT2D eigenvalue weighted by Crippen LogP contribution is 2.07. The fraction of sp³-hybridized carbons (Fsp3) is 0. The Hall–Kier alpha value is -1.84. The van der Waals surface area contributed by atoms with Crippen LogP contribution >= 0.6 is 0 Å². The zero-order chi connectivity index (χ0) is 8.97. The number of hydrogen-bond donors (Lipinski definition) is 1. The number of hydrogen-bond acceptors (Lipinski definition) is 3. The first kappa shape index (κ1) is 8.26. The Bertz CT molecular complexity index is 292. The van der Waals surface area contributed by atoms with Crippen molar-refractivity contribution in [3.63, 3.8) is 0 Å². The molecule has 0 saturated carbocycles. The number of nitrogens with two attached hydrogens (primary N) is 1. The monoisotopic (exact) mass is 164 g/mol. The molecule has 12 heavy (non-hydrogen) atoms. The minimum absolute atomic E-state index is 0.188. The first-order valence-corrected chi connectivity index (χ1v) is 3.28. The van der Waals surface area contributed by atoms with Gasteiger partial charge < -0.3 is 10.5 Å². The Morgan fingerprint density at radius 3 is 2.83 bits per heavy atom. The molecule has 1 aromatic heterocycles. The standard InChI is InChI=1S/C8H8N2O2/c1-2-6-3-4-7(10-5-6)12-8(9)11/h2-5H,1H2,(H2,9,11). The van der Waals surface area contributed by atoms with E-state index in [0.717, 1.165) is 5.56 Å². The summed E-state index contributed by atoms with van der Waals surface area (Å²) in [5, 5.41) is 0. The molecule has 0 aliphatic carbocycles. The van der Waals surface area contributed by atoms with Crippen molar-refractivity contribution in [2.24, 2.45) is 5.73 Å². The van der Waals surface area contributed by atoms with Crippen LogP contribution < -0.4 is 10.5 Å². The van der Waals surface area contributed by atoms with E-state index in [-0.39, 0.29) is 5.88 Å². The fourth-order valence-electron chi connectivity index (χ4n) is 0.676. The molecule has 1 aromatic rings. The minimum Gasteiger partial charge on any atom is -0.391 e. The number of carbonyl (C=O) groups excluding carboxylic acids is 1. The van der Waals surface area contributed by atoms with E-state index in [4.69, 9.17) is 5.73 Å². The molecular formula is C8H8N2O2. The van der Waals surface area contributed by atoms with Crippen LogP contribution in [0.2, 0.25) is 0 Å². The lowest BCUT2D eigenvalue weighted by Gasteiger charge is -1.98. The van der Waals surface area contributed by atoms with Crippen molar-refractivity contribution in [2.75, 3.05) is 0 Å². The Labute approximate surface area is 69.7 Å². The molecule has 0 aromatic carbocycles. The summed E-state index contributed by atoms with van der Waals surface area (Å²) in [6, 6.07) is 3.26. The first-order chi connectivity index (χ1) is 5.72. The quantitative estimate of drug-likeness (QED) is 0.713. The molecule has 0 atom stereocenters. The second-order valence-electron chi connectivity index (χ2n) is 2.05. The lowest BCUT2D eigenvalue weighted by atomic mass is 10.3. The zero-order valence-electron chi connectivity index (χ0n) is 6.36. The lowest BCUT2D eigenvalue weighted by Crippen LogP contribution is -2.16. The van der Waals surface area contributed by atoms with Gasteiger partial charge in [-0.1, -0.05) is 12.7 Å². The third kappa shape index (κ3) is 2.09. The largest absolute Gasteiger partial charge is 0.411 e. The summed E-state index contributed by atoms with van der Waals surface area (Å²) in [6.45, 7) is 3.55. The van der Waals surface area contributed by atoms with E-state index in [1.54, 1.807) is 18.2 Å². The van der Waals surface area contributed by atoms with E-state index in [1.807, 2.05) is 0 Å². The molecule has 2 N–H and O–H groups in total. The number of carbonyl (C=O) groups is 1. The maximum absolute atomic E-state index is 10.3. The van der Waals surface area contributed by atoms with Crippen molar-refractivity contribution < 1.29 is 9.53 Å². The molecule has 0 saturated heterocycles. The molecule has 0 aliphatic rings. The van der Waals surface area contributed by atoms with Crippen LogP contribution in [0.4, 0.5) is 4.79 Å². The Kier molecular flexibility index (Phi) is 2.42. The number of aromatic nitrogens is 1. The molecule has 1 rings (SSSR count). The van der Waals surface area contributed by atoms with Gasteiger partial charge in [-0.15, -0.1) is 0 Å². The van der Waals surface area contributed by atoms with E-state index >= 15 is 0 Å². The van der Waals surface area contributed by atoms with Gasteiger partial charge in [-0.2, -0.15) is 0 Å². The molecule has 4 heteroatoms. The van der Waals surface area contributed by atoms with E-state index in [1.165, 1.54) is 6.20 Å². The third-order valence-electron chi connectivity index (χ3n) is 1.20. The molecule has 0 unspecified atom stereocenters. The summed E-state index contributed by atoms with van der Waals surface area (Å²) in [7, 11) is 0. The van der Waals surface area contributed by atoms with Crippen LogP contribution in [0.5, 0.6) is 5.88 Å². The van der Waals surface area contributed by atoms with Gasteiger partial charge in [0.2, 0.25) is 5.88 Å². The topological polar surface area (TPSA) is 65.2 Å². The summed E-state index contributed by atoms with van der Waals surface area (Å²) in [4.78, 5) is 14.1. The molecule has 0 radical (unpaired) electrons. The van der Waals surface area contributed by atoms with Crippen LogP contribution in [0.25, 0.3) is 6.08 Å². The highest BCUT2D eigenvalue weighted by atomic mass is 16.6. The maximum Gasteiger partial charge on any atom is 0.411 e. The van der Waals surface area contributed by atoms with Crippen molar-refractivity contribution in [2.45, 2.75) is 0 Å². The van der Waals surface area contributed by atoms with Crippen LogP contribution in [0, 0.1) is 0 Å². The van der Waals surface area contributed by atoms with Gasteiger partial charge in [-0.3, -0.25) is 0 Å². The third-order valence-corrected chi connectivity index (χ3v) is 1.20. The van der Waals surface area contributed by atoms with Crippen molar-refractivity contribution in [3.8, 4) is 5.88 Å². The smallest absolute Gasteiger partial charge is 0.391 e. The van der Waals surface area contributed by atoms with Crippen LogP contribution in [0.15, 0.2) is 24.9 Å². The normalized spacial score (nSPS) is 9.00. The van der Waals surface area contributed by atoms with Gasteiger partial charge in [0.15, 0.2) is 0 Å². The fourth-order valence-corrected chi connectivity index (χ4v) is 0.676. The second kappa shape index (κ2) is 3.52. The average Bonchev–Trinajstić information content (AvgIpc) is 2.05. The number of pyridine rings is 1. The molecule has 1 amide bonds. The molecule has 1 heterocycles. The highest BCUT2D eigenvalue weighted by molar-refractivity contribution is 5.67. The highest BCUT2D eigenvalue weighted by Gasteiger charge is 1.97. The molecule has 0 aliphatic heterocycles. The summed E-state index contributed by atoms with van der Waals surface area (Å²) >= 11 is 0. The number of amides is 1. The molecule has 0 spiro atoms. The lowest BCUT2D eigenvalue weighted by molar-refractivity contribution is 0.209. The molecule has 62 valence electrons. The summed E-state index contributed by atoms with van der Waals surface area (Å²) < 4.78 is 4.51. The van der Waals surface area contributed by atoms with Gasteiger partial charge in [-0.05, 0) is 11.6 Å². The number of ether oxygens (including phenoxy) is 1. The van der Waals surface area contributed by atoms with Crippen LogP contribution in [-0.2, 0) is 0 Å². The van der Waals surface area contributed by atoms with E-state index in [2.05, 4.69) is 16.3 Å². The summed E-state index contributed by atoms with van der Waals surface area (Å²) in [5.74, 6) is 0.188. The van der Waals surface area contributed by atoms with Gasteiger partial charge in [-0.25, -0.2) is 9.78 Å².